The third kappa shape index (κ3) is 2.72. The minimum Gasteiger partial charge on any atom is -0.258 e. The number of hydrogen-bond donors (Lipinski definition) is 0. The molecule has 0 amide bonds. The molecular weight excluding hydrogens is 312 g/mol. The van der Waals surface area contributed by atoms with Gasteiger partial charge < -0.3 is 0 Å². The lowest BCUT2D eigenvalue weighted by Crippen LogP contribution is -2.04. The Morgan fingerprint density at radius 2 is 1.91 bits per heavy atom. The van der Waals surface area contributed by atoms with E-state index in [-0.39, 0.29) is 5.69 Å². The van der Waals surface area contributed by atoms with Crippen molar-refractivity contribution in [3.63, 3.8) is 0 Å². The lowest BCUT2D eigenvalue weighted by Gasteiger charge is -2.18. The second-order valence-electron chi connectivity index (χ2n) is 5.93. The van der Waals surface area contributed by atoms with Crippen LogP contribution in [0.25, 0.3) is 16.2 Å². The number of hydrogen-bond acceptors (Lipinski definition) is 5. The molecule has 0 saturated heterocycles. The Balaban J connectivity index is 1.61. The van der Waals surface area contributed by atoms with Crippen LogP contribution in [-0.2, 0) is 0 Å². The maximum atomic E-state index is 10.7. The van der Waals surface area contributed by atoms with Crippen molar-refractivity contribution in [2.24, 2.45) is 0 Å². The van der Waals surface area contributed by atoms with Crippen LogP contribution < -0.4 is 0 Å². The van der Waals surface area contributed by atoms with Gasteiger partial charge in [0.1, 0.15) is 5.01 Å². The molecule has 2 aromatic heterocycles. The van der Waals surface area contributed by atoms with Gasteiger partial charge in [-0.2, -0.15) is 5.10 Å². The normalized spacial score (nSPS) is 16.0. The predicted molar refractivity (Wildman–Crippen MR) is 88.8 cm³/mol. The van der Waals surface area contributed by atoms with Crippen molar-refractivity contribution >= 4 is 22.0 Å². The molecule has 23 heavy (non-hydrogen) atoms. The highest BCUT2D eigenvalue weighted by molar-refractivity contribution is 7.16. The van der Waals surface area contributed by atoms with Crippen LogP contribution in [0.1, 0.15) is 43.0 Å². The quantitative estimate of drug-likeness (QED) is 0.527. The third-order valence-corrected chi connectivity index (χ3v) is 5.47. The number of aromatic nitrogens is 3. The number of fused-ring (bicyclic) bond motifs is 1. The van der Waals surface area contributed by atoms with Crippen molar-refractivity contribution in [3.8, 4) is 11.3 Å². The minimum absolute atomic E-state index is 0.0903. The summed E-state index contributed by atoms with van der Waals surface area (Å²) < 4.78 is 1.84. The SMILES string of the molecule is O=[N+]([O-])c1ccc(-c2cn3nc(C4CCCCC4)sc3n2)cc1. The fraction of sp³-hybridized carbons (Fsp3) is 0.375. The molecule has 1 aliphatic carbocycles. The van der Waals surface area contributed by atoms with E-state index in [1.807, 2.05) is 10.7 Å². The van der Waals surface area contributed by atoms with Crippen molar-refractivity contribution < 1.29 is 4.92 Å². The Morgan fingerprint density at radius 3 is 2.57 bits per heavy atom. The summed E-state index contributed by atoms with van der Waals surface area (Å²) in [6.45, 7) is 0. The van der Waals surface area contributed by atoms with Crippen LogP contribution in [-0.4, -0.2) is 19.5 Å². The summed E-state index contributed by atoms with van der Waals surface area (Å²) >= 11 is 1.66. The summed E-state index contributed by atoms with van der Waals surface area (Å²) in [7, 11) is 0. The van der Waals surface area contributed by atoms with Crippen molar-refractivity contribution in [1.82, 2.24) is 14.6 Å². The lowest BCUT2D eigenvalue weighted by molar-refractivity contribution is -0.384. The molecule has 1 fully saturated rings. The average molecular weight is 328 g/mol. The van der Waals surface area contributed by atoms with Crippen LogP contribution in [0.5, 0.6) is 0 Å². The first-order valence-electron chi connectivity index (χ1n) is 7.81. The fourth-order valence-electron chi connectivity index (χ4n) is 3.12. The molecule has 118 valence electrons. The molecule has 2 heterocycles. The Kier molecular flexibility index (Phi) is 3.57. The number of benzene rings is 1. The topological polar surface area (TPSA) is 73.3 Å². The molecule has 0 radical (unpaired) electrons. The van der Waals surface area contributed by atoms with Gasteiger partial charge >= 0.3 is 0 Å². The Morgan fingerprint density at radius 1 is 1.17 bits per heavy atom. The van der Waals surface area contributed by atoms with Gasteiger partial charge in [0.15, 0.2) is 0 Å². The second-order valence-corrected chi connectivity index (χ2v) is 6.92. The van der Waals surface area contributed by atoms with E-state index in [1.54, 1.807) is 23.5 Å². The maximum absolute atomic E-state index is 10.7. The van der Waals surface area contributed by atoms with Gasteiger partial charge in [0.2, 0.25) is 4.96 Å². The minimum atomic E-state index is -0.395. The van der Waals surface area contributed by atoms with Gasteiger partial charge in [0.05, 0.1) is 16.8 Å². The molecule has 6 nitrogen and oxygen atoms in total. The van der Waals surface area contributed by atoms with Crippen LogP contribution in [0.4, 0.5) is 5.69 Å². The van der Waals surface area contributed by atoms with Crippen molar-refractivity contribution in [2.45, 2.75) is 38.0 Å². The average Bonchev–Trinajstić information content (AvgIpc) is 3.14. The second kappa shape index (κ2) is 5.73. The number of imidazole rings is 1. The van der Waals surface area contributed by atoms with Crippen LogP contribution in [0.15, 0.2) is 30.5 Å². The highest BCUT2D eigenvalue weighted by Gasteiger charge is 2.20. The molecule has 0 atom stereocenters. The summed E-state index contributed by atoms with van der Waals surface area (Å²) in [5.74, 6) is 0.582. The molecule has 1 aromatic carbocycles. The van der Waals surface area contributed by atoms with E-state index in [0.717, 1.165) is 16.2 Å². The smallest absolute Gasteiger partial charge is 0.258 e. The van der Waals surface area contributed by atoms with Crippen molar-refractivity contribution in [1.29, 1.82) is 0 Å². The molecular formula is C16H16N4O2S. The molecule has 4 rings (SSSR count). The van der Waals surface area contributed by atoms with Gasteiger partial charge in [-0.05, 0) is 25.0 Å². The maximum Gasteiger partial charge on any atom is 0.269 e. The predicted octanol–water partition coefficient (Wildman–Crippen LogP) is 4.41. The summed E-state index contributed by atoms with van der Waals surface area (Å²) in [4.78, 5) is 15.8. The van der Waals surface area contributed by atoms with Gasteiger partial charge in [-0.1, -0.05) is 30.6 Å². The molecule has 0 spiro atoms. The fourth-order valence-corrected chi connectivity index (χ4v) is 4.17. The Bertz CT molecular complexity index is 815. The first kappa shape index (κ1) is 14.3. The van der Waals surface area contributed by atoms with Gasteiger partial charge in [0, 0.05) is 23.6 Å². The standard InChI is InChI=1S/C16H16N4O2S/c21-20(22)13-8-6-11(7-9-13)14-10-19-16(17-14)23-15(18-19)12-4-2-1-3-5-12/h6-10,12H,1-5H2. The first-order chi connectivity index (χ1) is 11.2. The lowest BCUT2D eigenvalue weighted by atomic mass is 9.90. The zero-order valence-electron chi connectivity index (χ0n) is 12.5. The monoisotopic (exact) mass is 328 g/mol. The van der Waals surface area contributed by atoms with Gasteiger partial charge in [-0.15, -0.1) is 0 Å². The molecule has 3 aromatic rings. The summed E-state index contributed by atoms with van der Waals surface area (Å²) in [6.07, 6.45) is 8.28. The summed E-state index contributed by atoms with van der Waals surface area (Å²) in [6, 6.07) is 6.46. The number of non-ortho nitro benzene ring substituents is 1. The summed E-state index contributed by atoms with van der Waals surface area (Å²) in [5.41, 5.74) is 1.76. The van der Waals surface area contributed by atoms with E-state index in [2.05, 4.69) is 4.98 Å². The molecule has 0 unspecified atom stereocenters. The zero-order chi connectivity index (χ0) is 15.8. The molecule has 1 aliphatic rings. The number of rotatable bonds is 3. The van der Waals surface area contributed by atoms with Crippen LogP contribution in [0.3, 0.4) is 0 Å². The number of nitro benzene ring substituents is 1. The molecule has 1 saturated carbocycles. The van der Waals surface area contributed by atoms with E-state index in [0.29, 0.717) is 5.92 Å². The van der Waals surface area contributed by atoms with Crippen LogP contribution in [0, 0.1) is 10.1 Å². The Hall–Kier alpha value is -2.28. The first-order valence-corrected chi connectivity index (χ1v) is 8.63. The largest absolute Gasteiger partial charge is 0.269 e. The van der Waals surface area contributed by atoms with E-state index in [1.165, 1.54) is 49.2 Å². The molecule has 7 heteroatoms. The number of nitro groups is 1. The highest BCUT2D eigenvalue weighted by atomic mass is 32.1. The van der Waals surface area contributed by atoms with E-state index in [4.69, 9.17) is 5.10 Å². The van der Waals surface area contributed by atoms with Gasteiger partial charge in [0.25, 0.3) is 5.69 Å². The van der Waals surface area contributed by atoms with Crippen molar-refractivity contribution in [3.05, 3.63) is 45.6 Å². The third-order valence-electron chi connectivity index (χ3n) is 4.39. The number of nitrogens with zero attached hydrogens (tertiary/aromatic N) is 4. The molecule has 0 bridgehead atoms. The highest BCUT2D eigenvalue weighted by Crippen LogP contribution is 2.35. The van der Waals surface area contributed by atoms with Crippen LogP contribution >= 0.6 is 11.3 Å². The summed E-state index contributed by atoms with van der Waals surface area (Å²) in [5, 5.41) is 16.6. The van der Waals surface area contributed by atoms with Crippen molar-refractivity contribution in [2.75, 3.05) is 0 Å². The van der Waals surface area contributed by atoms with Gasteiger partial charge in [-0.3, -0.25) is 10.1 Å². The molecule has 0 N–H and O–H groups in total. The zero-order valence-corrected chi connectivity index (χ0v) is 13.3. The Labute approximate surface area is 136 Å². The van der Waals surface area contributed by atoms with Crippen LogP contribution in [0.2, 0.25) is 0 Å². The van der Waals surface area contributed by atoms with E-state index >= 15 is 0 Å². The van der Waals surface area contributed by atoms with E-state index in [9.17, 15) is 10.1 Å². The van der Waals surface area contributed by atoms with E-state index < -0.39 is 4.92 Å². The van der Waals surface area contributed by atoms with Gasteiger partial charge in [-0.25, -0.2) is 9.50 Å². The molecule has 0 aliphatic heterocycles.